The second-order valence-corrected chi connectivity index (χ2v) is 8.24. The van der Waals surface area contributed by atoms with Gasteiger partial charge >= 0.3 is 0 Å². The molecule has 4 rings (SSSR count). The Kier molecular flexibility index (Phi) is 4.84. The van der Waals surface area contributed by atoms with Crippen LogP contribution in [0, 0.1) is 5.82 Å². The maximum Gasteiger partial charge on any atom is 0.218 e. The fourth-order valence-corrected chi connectivity index (χ4v) is 4.11. The number of fused-ring (bicyclic) bond motifs is 1. The van der Waals surface area contributed by atoms with E-state index in [1.165, 1.54) is 11.6 Å². The van der Waals surface area contributed by atoms with Gasteiger partial charge in [-0.1, -0.05) is 42.5 Å². The van der Waals surface area contributed by atoms with Crippen molar-refractivity contribution in [2.24, 2.45) is 4.99 Å². The Hall–Kier alpha value is -2.46. The zero-order chi connectivity index (χ0) is 19.8. The zero-order valence-electron chi connectivity index (χ0n) is 16.0. The first-order valence-corrected chi connectivity index (χ1v) is 9.87. The number of aromatic nitrogens is 1. The Labute approximate surface area is 169 Å². The normalized spacial score (nSPS) is 24.6. The highest BCUT2D eigenvalue weighted by atomic mass is 35.5. The summed E-state index contributed by atoms with van der Waals surface area (Å²) in [5.41, 5.74) is 1.38. The van der Waals surface area contributed by atoms with Gasteiger partial charge < -0.3 is 4.74 Å². The molecule has 0 unspecified atom stereocenters. The van der Waals surface area contributed by atoms with Crippen molar-refractivity contribution in [1.82, 2.24) is 4.98 Å². The first-order valence-electron chi connectivity index (χ1n) is 9.33. The van der Waals surface area contributed by atoms with Gasteiger partial charge in [0.25, 0.3) is 0 Å². The molecule has 0 bridgehead atoms. The smallest absolute Gasteiger partial charge is 0.218 e. The third kappa shape index (κ3) is 3.74. The number of para-hydroxylation sites is 1. The van der Waals surface area contributed by atoms with E-state index in [1.54, 1.807) is 12.3 Å². The molecule has 144 valence electrons. The third-order valence-electron chi connectivity index (χ3n) is 5.09. The van der Waals surface area contributed by atoms with Crippen LogP contribution in [-0.2, 0) is 11.2 Å². The van der Waals surface area contributed by atoms with Crippen LogP contribution in [-0.4, -0.2) is 27.9 Å². The molecule has 0 radical (unpaired) electrons. The number of aliphatic imine (C=N–C) groups is 1. The molecule has 0 fully saturated rings. The minimum atomic E-state index is -0.543. The Morgan fingerprint density at radius 3 is 2.64 bits per heavy atom. The summed E-state index contributed by atoms with van der Waals surface area (Å²) < 4.78 is 20.2. The van der Waals surface area contributed by atoms with Gasteiger partial charge in [0.15, 0.2) is 0 Å². The van der Waals surface area contributed by atoms with Crippen LogP contribution in [0.5, 0.6) is 0 Å². The second-order valence-electron chi connectivity index (χ2n) is 7.97. The first kappa shape index (κ1) is 18.9. The van der Waals surface area contributed by atoms with Crippen molar-refractivity contribution >= 4 is 28.4 Å². The van der Waals surface area contributed by atoms with Gasteiger partial charge in [-0.3, -0.25) is 4.98 Å². The molecular formula is C23H22ClFN2O. The van der Waals surface area contributed by atoms with Crippen molar-refractivity contribution in [3.8, 4) is 0 Å². The molecule has 3 aromatic rings. The lowest BCUT2D eigenvalue weighted by Gasteiger charge is -2.41. The van der Waals surface area contributed by atoms with Crippen molar-refractivity contribution in [1.29, 1.82) is 0 Å². The Morgan fingerprint density at radius 2 is 1.89 bits per heavy atom. The van der Waals surface area contributed by atoms with Crippen LogP contribution in [0.3, 0.4) is 0 Å². The molecular weight excluding hydrogens is 375 g/mol. The fourth-order valence-electron chi connectivity index (χ4n) is 3.96. The monoisotopic (exact) mass is 396 g/mol. The molecule has 1 aromatic heterocycles. The maximum absolute atomic E-state index is 14.0. The van der Waals surface area contributed by atoms with E-state index in [1.807, 2.05) is 37.3 Å². The van der Waals surface area contributed by atoms with E-state index in [0.717, 1.165) is 12.0 Å². The van der Waals surface area contributed by atoms with Gasteiger partial charge in [-0.25, -0.2) is 9.38 Å². The molecule has 0 N–H and O–H groups in total. The van der Waals surface area contributed by atoms with Gasteiger partial charge in [0, 0.05) is 18.0 Å². The van der Waals surface area contributed by atoms with Crippen molar-refractivity contribution in [2.75, 3.05) is 5.88 Å². The Morgan fingerprint density at radius 1 is 1.11 bits per heavy atom. The van der Waals surface area contributed by atoms with Gasteiger partial charge in [-0.2, -0.15) is 0 Å². The summed E-state index contributed by atoms with van der Waals surface area (Å²) >= 11 is 6.28. The number of alkyl halides is 1. The highest BCUT2D eigenvalue weighted by Gasteiger charge is 2.42. The van der Waals surface area contributed by atoms with Crippen LogP contribution in [0.15, 0.2) is 65.8 Å². The molecule has 2 aromatic carbocycles. The van der Waals surface area contributed by atoms with Crippen molar-refractivity contribution < 1.29 is 9.13 Å². The van der Waals surface area contributed by atoms with Gasteiger partial charge in [0.1, 0.15) is 16.9 Å². The minimum Gasteiger partial charge on any atom is -0.470 e. The summed E-state index contributed by atoms with van der Waals surface area (Å²) in [5.74, 6) is 0.521. The number of halogens is 2. The molecule has 0 amide bonds. The molecule has 5 heteroatoms. The largest absolute Gasteiger partial charge is 0.470 e. The van der Waals surface area contributed by atoms with E-state index in [-0.39, 0.29) is 11.4 Å². The second kappa shape index (κ2) is 7.17. The lowest BCUT2D eigenvalue weighted by molar-refractivity contribution is 0.0462. The summed E-state index contributed by atoms with van der Waals surface area (Å²) in [6.07, 6.45) is 3.10. The molecule has 2 atom stereocenters. The molecule has 0 aliphatic carbocycles. The number of rotatable bonds is 4. The lowest BCUT2D eigenvalue weighted by Crippen LogP contribution is -2.47. The molecule has 1 aliphatic heterocycles. The van der Waals surface area contributed by atoms with Gasteiger partial charge in [-0.15, -0.1) is 11.6 Å². The van der Waals surface area contributed by atoms with Crippen molar-refractivity contribution in [2.45, 2.75) is 37.8 Å². The average molecular weight is 397 g/mol. The summed E-state index contributed by atoms with van der Waals surface area (Å²) in [6, 6.07) is 17.1. The lowest BCUT2D eigenvalue weighted by atomic mass is 9.82. The topological polar surface area (TPSA) is 34.5 Å². The molecule has 28 heavy (non-hydrogen) atoms. The summed E-state index contributed by atoms with van der Waals surface area (Å²) in [6.45, 7) is 4.13. The van der Waals surface area contributed by atoms with Gasteiger partial charge in [0.2, 0.25) is 5.90 Å². The molecule has 3 nitrogen and oxygen atoms in total. The Balaban J connectivity index is 1.76. The fraction of sp³-hybridized carbons (Fsp3) is 0.304. The molecule has 1 aliphatic rings. The molecule has 0 saturated heterocycles. The van der Waals surface area contributed by atoms with E-state index in [0.29, 0.717) is 29.1 Å². The average Bonchev–Trinajstić information content (AvgIpc) is 2.68. The van der Waals surface area contributed by atoms with E-state index >= 15 is 0 Å². The predicted molar refractivity (Wildman–Crippen MR) is 112 cm³/mol. The summed E-state index contributed by atoms with van der Waals surface area (Å²) in [7, 11) is 0. The van der Waals surface area contributed by atoms with Crippen molar-refractivity contribution in [3.05, 3.63) is 77.7 Å². The van der Waals surface area contributed by atoms with E-state index in [4.69, 9.17) is 21.3 Å². The van der Waals surface area contributed by atoms with Crippen LogP contribution in [0.2, 0.25) is 0 Å². The minimum absolute atomic E-state index is 0.338. The predicted octanol–water partition coefficient (Wildman–Crippen LogP) is 5.54. The molecule has 0 saturated carbocycles. The van der Waals surface area contributed by atoms with Crippen LogP contribution >= 0.6 is 11.6 Å². The zero-order valence-corrected chi connectivity index (χ0v) is 16.7. The number of ether oxygens (including phenoxy) is 1. The highest BCUT2D eigenvalue weighted by molar-refractivity contribution is 6.18. The van der Waals surface area contributed by atoms with Crippen LogP contribution < -0.4 is 0 Å². The third-order valence-corrected chi connectivity index (χ3v) is 5.65. The number of nitrogens with zero attached hydrogens (tertiary/aromatic N) is 2. The highest BCUT2D eigenvalue weighted by Crippen LogP contribution is 2.37. The van der Waals surface area contributed by atoms with Crippen LogP contribution in [0.4, 0.5) is 4.39 Å². The standard InChI is InChI=1S/C23H22ClFN2O/c1-22(12-16-7-4-3-5-8-16)14-23(2,15-24)28-21(27-22)18-11-17-9-6-10-19(25)20(17)26-13-18/h3-11,13H,12,14-15H2,1-2H3/t22-,23-/m1/s1. The van der Waals surface area contributed by atoms with E-state index in [2.05, 4.69) is 24.0 Å². The van der Waals surface area contributed by atoms with Crippen LogP contribution in [0.1, 0.15) is 31.4 Å². The SMILES string of the molecule is C[C@@]1(Cc2ccccc2)C[C@](C)(CCl)OC(c2cnc3c(F)cccc3c2)=N1. The number of hydrogen-bond donors (Lipinski definition) is 0. The van der Waals surface area contributed by atoms with E-state index < -0.39 is 5.60 Å². The van der Waals surface area contributed by atoms with Crippen LogP contribution in [0.25, 0.3) is 10.9 Å². The maximum atomic E-state index is 14.0. The number of benzene rings is 2. The first-order chi connectivity index (χ1) is 13.4. The quantitative estimate of drug-likeness (QED) is 0.542. The Bertz CT molecular complexity index is 1040. The summed E-state index contributed by atoms with van der Waals surface area (Å²) in [4.78, 5) is 9.25. The summed E-state index contributed by atoms with van der Waals surface area (Å²) in [5, 5.41) is 0.715. The van der Waals surface area contributed by atoms with Gasteiger partial charge in [0.05, 0.1) is 17.0 Å². The van der Waals surface area contributed by atoms with Gasteiger partial charge in [-0.05, 0) is 38.0 Å². The number of hydrogen-bond acceptors (Lipinski definition) is 3. The number of pyridine rings is 1. The molecule has 2 heterocycles. The van der Waals surface area contributed by atoms with Crippen molar-refractivity contribution in [3.63, 3.8) is 0 Å². The van der Waals surface area contributed by atoms with E-state index in [9.17, 15) is 4.39 Å². The molecule has 0 spiro atoms.